The standard InChI is InChI=1S/C23H26FN5O2/c1-27-9-8-13-10-16(20(30)12-15(13)23(27)31)17-5-7-21(26-25-17)29(3)19-11-14-4-6-18(22(19)24)28(14)2/h5,7-10,12,14,18-19,22,30H,4,6,11H2,1-3H3/t14?,18?,19-,22+/m0/s1. The average Bonchev–Trinajstić information content (AvgIpc) is 3.03. The third-order valence-electron chi connectivity index (χ3n) is 7.13. The number of benzene rings is 1. The van der Waals surface area contributed by atoms with Crippen molar-refractivity contribution in [2.24, 2.45) is 7.05 Å². The Morgan fingerprint density at radius 2 is 1.97 bits per heavy atom. The van der Waals surface area contributed by atoms with Crippen LogP contribution in [0.1, 0.15) is 19.3 Å². The molecule has 0 aliphatic carbocycles. The topological polar surface area (TPSA) is 74.5 Å². The number of pyridine rings is 1. The van der Waals surface area contributed by atoms with E-state index >= 15 is 4.39 Å². The molecule has 0 saturated carbocycles. The number of phenols is 1. The van der Waals surface area contributed by atoms with Crippen LogP contribution in [0.3, 0.4) is 0 Å². The zero-order chi connectivity index (χ0) is 21.9. The molecule has 0 spiro atoms. The number of fused-ring (bicyclic) bond motifs is 3. The number of aromatic hydroxyl groups is 1. The molecule has 2 saturated heterocycles. The van der Waals surface area contributed by atoms with Gasteiger partial charge in [0.1, 0.15) is 11.9 Å². The molecule has 1 N–H and O–H groups in total. The van der Waals surface area contributed by atoms with Crippen LogP contribution in [0.25, 0.3) is 22.0 Å². The maximum atomic E-state index is 15.1. The van der Waals surface area contributed by atoms with Gasteiger partial charge in [0.2, 0.25) is 0 Å². The highest BCUT2D eigenvalue weighted by molar-refractivity contribution is 5.89. The molecule has 2 bridgehead atoms. The van der Waals surface area contributed by atoms with Crippen LogP contribution in [0.4, 0.5) is 10.2 Å². The molecule has 2 aromatic heterocycles. The van der Waals surface area contributed by atoms with Crippen LogP contribution >= 0.6 is 0 Å². The summed E-state index contributed by atoms with van der Waals surface area (Å²) in [5.74, 6) is 0.580. The Morgan fingerprint density at radius 1 is 1.16 bits per heavy atom. The molecular formula is C23H26FN5O2. The van der Waals surface area contributed by atoms with Gasteiger partial charge in [-0.15, -0.1) is 10.2 Å². The van der Waals surface area contributed by atoms with Gasteiger partial charge in [-0.05, 0) is 62.0 Å². The van der Waals surface area contributed by atoms with E-state index in [1.54, 1.807) is 25.4 Å². The monoisotopic (exact) mass is 423 g/mol. The number of hydrogen-bond donors (Lipinski definition) is 1. The predicted octanol–water partition coefficient (Wildman–Crippen LogP) is 2.71. The largest absolute Gasteiger partial charge is 0.507 e. The molecule has 7 nitrogen and oxygen atoms in total. The highest BCUT2D eigenvalue weighted by atomic mass is 19.1. The number of rotatable bonds is 3. The fourth-order valence-corrected chi connectivity index (χ4v) is 5.16. The first-order chi connectivity index (χ1) is 14.8. The third-order valence-corrected chi connectivity index (χ3v) is 7.13. The lowest BCUT2D eigenvalue weighted by Gasteiger charge is -2.43. The van der Waals surface area contributed by atoms with Crippen LogP contribution in [0.5, 0.6) is 5.75 Å². The summed E-state index contributed by atoms with van der Waals surface area (Å²) < 4.78 is 16.6. The van der Waals surface area contributed by atoms with Crippen LogP contribution in [-0.4, -0.2) is 63.2 Å². The number of hydrogen-bond acceptors (Lipinski definition) is 6. The van der Waals surface area contributed by atoms with Crippen LogP contribution < -0.4 is 10.5 Å². The summed E-state index contributed by atoms with van der Waals surface area (Å²) in [6.45, 7) is 0. The van der Waals surface area contributed by atoms with Crippen molar-refractivity contribution >= 4 is 16.6 Å². The van der Waals surface area contributed by atoms with E-state index in [4.69, 9.17) is 0 Å². The van der Waals surface area contributed by atoms with Crippen molar-refractivity contribution in [2.75, 3.05) is 19.0 Å². The Labute approximate surface area is 179 Å². The van der Waals surface area contributed by atoms with Gasteiger partial charge in [-0.2, -0.15) is 0 Å². The van der Waals surface area contributed by atoms with E-state index in [0.29, 0.717) is 28.5 Å². The summed E-state index contributed by atoms with van der Waals surface area (Å²) in [7, 11) is 5.56. The van der Waals surface area contributed by atoms with Crippen molar-refractivity contribution in [3.63, 3.8) is 0 Å². The maximum absolute atomic E-state index is 15.1. The van der Waals surface area contributed by atoms with Gasteiger partial charge in [0.05, 0.1) is 17.1 Å². The summed E-state index contributed by atoms with van der Waals surface area (Å²) in [5, 5.41) is 20.3. The molecule has 5 rings (SSSR count). The lowest BCUT2D eigenvalue weighted by Crippen LogP contribution is -2.56. The number of halogens is 1. The summed E-state index contributed by atoms with van der Waals surface area (Å²) in [6.07, 6.45) is 3.48. The number of anilines is 1. The summed E-state index contributed by atoms with van der Waals surface area (Å²) >= 11 is 0. The molecule has 2 fully saturated rings. The number of nitrogens with zero attached hydrogens (tertiary/aromatic N) is 5. The number of alkyl halides is 1. The molecular weight excluding hydrogens is 397 g/mol. The molecule has 2 aliphatic heterocycles. The fraction of sp³-hybridized carbons (Fsp3) is 0.435. The van der Waals surface area contributed by atoms with Gasteiger partial charge in [0, 0.05) is 37.9 Å². The molecule has 31 heavy (non-hydrogen) atoms. The zero-order valence-corrected chi connectivity index (χ0v) is 17.9. The third kappa shape index (κ3) is 3.17. The SMILES string of the molecule is CN1C2CCC1[C@@H](F)[C@@H](N(C)c1ccc(-c3cc4ccn(C)c(=O)c4cc3O)nn1)C2. The highest BCUT2D eigenvalue weighted by Crippen LogP contribution is 2.39. The Kier molecular flexibility index (Phi) is 4.69. The fourth-order valence-electron chi connectivity index (χ4n) is 5.16. The first kappa shape index (κ1) is 19.9. The smallest absolute Gasteiger partial charge is 0.258 e. The van der Waals surface area contributed by atoms with Gasteiger partial charge in [-0.3, -0.25) is 9.69 Å². The molecule has 2 aliphatic rings. The number of phenolic OH excluding ortho intramolecular Hbond substituents is 1. The predicted molar refractivity (Wildman–Crippen MR) is 118 cm³/mol. The molecule has 0 radical (unpaired) electrons. The Bertz CT molecular complexity index is 1200. The van der Waals surface area contributed by atoms with E-state index in [-0.39, 0.29) is 23.4 Å². The zero-order valence-electron chi connectivity index (χ0n) is 17.9. The van der Waals surface area contributed by atoms with Crippen molar-refractivity contribution in [1.29, 1.82) is 0 Å². The minimum atomic E-state index is -0.928. The first-order valence-corrected chi connectivity index (χ1v) is 10.6. The van der Waals surface area contributed by atoms with E-state index < -0.39 is 6.17 Å². The van der Waals surface area contributed by atoms with Crippen molar-refractivity contribution in [3.8, 4) is 17.0 Å². The van der Waals surface area contributed by atoms with Crippen molar-refractivity contribution in [1.82, 2.24) is 19.7 Å². The van der Waals surface area contributed by atoms with E-state index in [0.717, 1.165) is 24.6 Å². The van der Waals surface area contributed by atoms with E-state index in [1.807, 2.05) is 31.1 Å². The second-order valence-electron chi connectivity index (χ2n) is 8.79. The van der Waals surface area contributed by atoms with Crippen molar-refractivity contribution in [3.05, 3.63) is 46.9 Å². The lowest BCUT2D eigenvalue weighted by molar-refractivity contribution is 0.0701. The maximum Gasteiger partial charge on any atom is 0.258 e. The molecule has 2 unspecified atom stereocenters. The quantitative estimate of drug-likeness (QED) is 0.698. The van der Waals surface area contributed by atoms with E-state index in [2.05, 4.69) is 15.1 Å². The Hall–Kier alpha value is -3.00. The summed E-state index contributed by atoms with van der Waals surface area (Å²) in [5.41, 5.74) is 0.830. The van der Waals surface area contributed by atoms with Crippen LogP contribution in [0.2, 0.25) is 0 Å². The highest BCUT2D eigenvalue weighted by Gasteiger charge is 2.47. The molecule has 4 atom stereocenters. The molecule has 8 heteroatoms. The molecule has 1 aromatic carbocycles. The van der Waals surface area contributed by atoms with Gasteiger partial charge in [-0.25, -0.2) is 4.39 Å². The van der Waals surface area contributed by atoms with Crippen LogP contribution in [0.15, 0.2) is 41.3 Å². The van der Waals surface area contributed by atoms with Crippen molar-refractivity contribution in [2.45, 2.75) is 43.6 Å². The number of aromatic nitrogens is 3. The van der Waals surface area contributed by atoms with E-state index in [9.17, 15) is 9.90 Å². The second-order valence-corrected chi connectivity index (χ2v) is 8.79. The van der Waals surface area contributed by atoms with Crippen LogP contribution in [-0.2, 0) is 7.05 Å². The minimum Gasteiger partial charge on any atom is -0.507 e. The van der Waals surface area contributed by atoms with Gasteiger partial charge in [0.15, 0.2) is 5.82 Å². The number of aryl methyl sites for hydroxylation is 1. The molecule has 162 valence electrons. The number of piperidine rings is 1. The summed E-state index contributed by atoms with van der Waals surface area (Å²) in [6, 6.07) is 8.78. The molecule has 0 amide bonds. The Morgan fingerprint density at radius 3 is 2.71 bits per heavy atom. The lowest BCUT2D eigenvalue weighted by atomic mass is 9.95. The Balaban J connectivity index is 1.43. The first-order valence-electron chi connectivity index (χ1n) is 10.6. The van der Waals surface area contributed by atoms with Gasteiger partial charge in [0.25, 0.3) is 5.56 Å². The van der Waals surface area contributed by atoms with Crippen LogP contribution in [0, 0.1) is 0 Å². The van der Waals surface area contributed by atoms with Crippen molar-refractivity contribution < 1.29 is 9.50 Å². The summed E-state index contributed by atoms with van der Waals surface area (Å²) in [4.78, 5) is 16.4. The minimum absolute atomic E-state index is 0.0260. The van der Waals surface area contributed by atoms with Gasteiger partial charge < -0.3 is 14.6 Å². The molecule has 4 heterocycles. The molecule has 3 aromatic rings. The van der Waals surface area contributed by atoms with Gasteiger partial charge in [-0.1, -0.05) is 0 Å². The van der Waals surface area contributed by atoms with E-state index in [1.165, 1.54) is 10.6 Å². The average molecular weight is 423 g/mol. The van der Waals surface area contributed by atoms with Gasteiger partial charge >= 0.3 is 0 Å². The normalized spacial score (nSPS) is 25.8. The second kappa shape index (κ2) is 7.30.